The molecule has 138 valence electrons. The first-order valence-corrected chi connectivity index (χ1v) is 10.1. The predicted octanol–water partition coefficient (Wildman–Crippen LogP) is 2.73. The first-order chi connectivity index (χ1) is 12.6. The Kier molecular flexibility index (Phi) is 4.73. The van der Waals surface area contributed by atoms with Gasteiger partial charge in [-0.05, 0) is 49.8 Å². The van der Waals surface area contributed by atoms with Gasteiger partial charge in [0.05, 0.1) is 5.54 Å². The zero-order chi connectivity index (χ0) is 18.1. The van der Waals surface area contributed by atoms with E-state index in [4.69, 9.17) is 0 Å². The van der Waals surface area contributed by atoms with Crippen molar-refractivity contribution in [1.82, 2.24) is 19.7 Å². The number of hydrogen-bond donors (Lipinski definition) is 1. The van der Waals surface area contributed by atoms with Crippen LogP contribution < -0.4 is 11.0 Å². The lowest BCUT2D eigenvalue weighted by atomic mass is 9.72. The minimum atomic E-state index is -0.318. The fourth-order valence-corrected chi connectivity index (χ4v) is 4.37. The highest BCUT2D eigenvalue weighted by atomic mass is 79.9. The SMILES string of the molecule is O=C(Cn1nc2n(c1=O)CCCCC2)NC1(c2cccc(Br)c2)CCC1. The number of aryl methyl sites for hydroxylation is 1. The molecule has 1 aromatic heterocycles. The second-order valence-corrected chi connectivity index (χ2v) is 8.23. The number of aromatic nitrogens is 3. The Morgan fingerprint density at radius 1 is 1.23 bits per heavy atom. The Bertz CT molecular complexity index is 882. The Morgan fingerprint density at radius 3 is 2.81 bits per heavy atom. The molecule has 26 heavy (non-hydrogen) atoms. The molecular formula is C19H23BrN4O2. The van der Waals surface area contributed by atoms with E-state index in [0.29, 0.717) is 6.54 Å². The minimum absolute atomic E-state index is 0.0193. The summed E-state index contributed by atoms with van der Waals surface area (Å²) >= 11 is 3.51. The lowest BCUT2D eigenvalue weighted by Crippen LogP contribution is -2.52. The highest BCUT2D eigenvalue weighted by Gasteiger charge is 2.40. The van der Waals surface area contributed by atoms with E-state index < -0.39 is 0 Å². The van der Waals surface area contributed by atoms with Crippen LogP contribution in [0.3, 0.4) is 0 Å². The summed E-state index contributed by atoms with van der Waals surface area (Å²) < 4.78 is 4.06. The van der Waals surface area contributed by atoms with Gasteiger partial charge in [0.1, 0.15) is 12.4 Å². The summed E-state index contributed by atoms with van der Waals surface area (Å²) in [4.78, 5) is 25.2. The van der Waals surface area contributed by atoms with E-state index in [1.165, 1.54) is 4.68 Å². The number of benzene rings is 1. The van der Waals surface area contributed by atoms with Crippen molar-refractivity contribution in [3.05, 3.63) is 50.6 Å². The molecule has 0 spiro atoms. The van der Waals surface area contributed by atoms with Crippen LogP contribution in [0.4, 0.5) is 0 Å². The first-order valence-electron chi connectivity index (χ1n) is 9.31. The molecule has 1 aliphatic heterocycles. The Morgan fingerprint density at radius 2 is 2.08 bits per heavy atom. The molecule has 0 saturated heterocycles. The van der Waals surface area contributed by atoms with Gasteiger partial charge in [-0.2, -0.15) is 5.10 Å². The zero-order valence-electron chi connectivity index (χ0n) is 14.7. The van der Waals surface area contributed by atoms with Gasteiger partial charge in [-0.25, -0.2) is 9.48 Å². The highest BCUT2D eigenvalue weighted by Crippen LogP contribution is 2.41. The molecule has 6 nitrogen and oxygen atoms in total. The van der Waals surface area contributed by atoms with Gasteiger partial charge in [0.25, 0.3) is 0 Å². The van der Waals surface area contributed by atoms with Crippen LogP contribution in [0.1, 0.15) is 49.9 Å². The Balaban J connectivity index is 1.51. The highest BCUT2D eigenvalue weighted by molar-refractivity contribution is 9.10. The maximum atomic E-state index is 12.7. The van der Waals surface area contributed by atoms with Gasteiger partial charge in [-0.15, -0.1) is 0 Å². The number of halogens is 1. The third-order valence-electron chi connectivity index (χ3n) is 5.54. The summed E-state index contributed by atoms with van der Waals surface area (Å²) in [6.07, 6.45) is 6.91. The fourth-order valence-electron chi connectivity index (χ4n) is 3.97. The smallest absolute Gasteiger partial charge is 0.345 e. The standard InChI is InChI=1S/C19H23BrN4O2/c20-15-7-4-6-14(12-15)19(9-5-10-19)21-17(25)13-24-18(26)23-11-3-1-2-8-16(23)22-24/h4,6-7,12H,1-3,5,8-11,13H2,(H,21,25). The predicted molar refractivity (Wildman–Crippen MR) is 102 cm³/mol. The van der Waals surface area contributed by atoms with E-state index in [-0.39, 0.29) is 23.7 Å². The number of carbonyl (C=O) groups is 1. The molecule has 1 N–H and O–H groups in total. The normalized spacial score (nSPS) is 18.5. The summed E-state index contributed by atoms with van der Waals surface area (Å²) in [5.74, 6) is 0.658. The summed E-state index contributed by atoms with van der Waals surface area (Å²) in [6, 6.07) is 8.08. The van der Waals surface area contributed by atoms with Gasteiger partial charge in [0.15, 0.2) is 0 Å². The van der Waals surface area contributed by atoms with Crippen LogP contribution in [0, 0.1) is 0 Å². The van der Waals surface area contributed by atoms with Crippen LogP contribution in [0.5, 0.6) is 0 Å². The van der Waals surface area contributed by atoms with Crippen molar-refractivity contribution in [2.75, 3.05) is 0 Å². The van der Waals surface area contributed by atoms with E-state index in [9.17, 15) is 9.59 Å². The summed E-state index contributed by atoms with van der Waals surface area (Å²) in [6.45, 7) is 0.687. The van der Waals surface area contributed by atoms with Crippen molar-refractivity contribution < 1.29 is 4.79 Å². The molecule has 7 heteroatoms. The number of nitrogens with zero attached hydrogens (tertiary/aromatic N) is 3. The quantitative estimate of drug-likeness (QED) is 0.829. The van der Waals surface area contributed by atoms with Crippen LogP contribution in [-0.4, -0.2) is 20.3 Å². The minimum Gasteiger partial charge on any atom is -0.345 e. The molecule has 1 amide bonds. The van der Waals surface area contributed by atoms with Gasteiger partial charge in [-0.1, -0.05) is 34.5 Å². The van der Waals surface area contributed by atoms with Crippen LogP contribution in [-0.2, 0) is 29.8 Å². The van der Waals surface area contributed by atoms with Crippen molar-refractivity contribution in [3.8, 4) is 0 Å². The van der Waals surface area contributed by atoms with E-state index in [1.807, 2.05) is 12.1 Å². The van der Waals surface area contributed by atoms with E-state index in [0.717, 1.165) is 60.8 Å². The molecule has 1 fully saturated rings. The monoisotopic (exact) mass is 418 g/mol. The summed E-state index contributed by atoms with van der Waals surface area (Å²) in [5, 5.41) is 7.58. The van der Waals surface area contributed by atoms with Crippen LogP contribution in [0.15, 0.2) is 33.5 Å². The van der Waals surface area contributed by atoms with Gasteiger partial charge in [0.2, 0.25) is 5.91 Å². The van der Waals surface area contributed by atoms with Gasteiger partial charge < -0.3 is 5.32 Å². The van der Waals surface area contributed by atoms with Crippen molar-refractivity contribution in [2.24, 2.45) is 0 Å². The number of hydrogen-bond acceptors (Lipinski definition) is 3. The maximum Gasteiger partial charge on any atom is 0.346 e. The second kappa shape index (κ2) is 7.02. The molecular weight excluding hydrogens is 396 g/mol. The third-order valence-corrected chi connectivity index (χ3v) is 6.03. The second-order valence-electron chi connectivity index (χ2n) is 7.31. The molecule has 0 bridgehead atoms. The summed E-state index contributed by atoms with van der Waals surface area (Å²) in [7, 11) is 0. The van der Waals surface area contributed by atoms with Gasteiger partial charge >= 0.3 is 5.69 Å². The van der Waals surface area contributed by atoms with Crippen LogP contribution in [0.2, 0.25) is 0 Å². The van der Waals surface area contributed by atoms with Crippen molar-refractivity contribution in [1.29, 1.82) is 0 Å². The van der Waals surface area contributed by atoms with E-state index in [1.54, 1.807) is 4.57 Å². The van der Waals surface area contributed by atoms with E-state index >= 15 is 0 Å². The number of carbonyl (C=O) groups excluding carboxylic acids is 1. The molecule has 2 aromatic rings. The Labute approximate surface area is 160 Å². The molecule has 2 heterocycles. The largest absolute Gasteiger partial charge is 0.346 e. The molecule has 0 atom stereocenters. The summed E-state index contributed by atoms with van der Waals surface area (Å²) in [5.41, 5.74) is 0.628. The first kappa shape index (κ1) is 17.5. The average molecular weight is 419 g/mol. The number of rotatable bonds is 4. The number of amides is 1. The number of fused-ring (bicyclic) bond motifs is 1. The average Bonchev–Trinajstić information content (AvgIpc) is 2.75. The lowest BCUT2D eigenvalue weighted by molar-refractivity contribution is -0.125. The molecule has 1 saturated carbocycles. The van der Waals surface area contributed by atoms with Crippen molar-refractivity contribution >= 4 is 21.8 Å². The number of nitrogens with one attached hydrogen (secondary N) is 1. The third kappa shape index (κ3) is 3.24. The van der Waals surface area contributed by atoms with Crippen LogP contribution >= 0.6 is 15.9 Å². The molecule has 1 aliphatic carbocycles. The molecule has 1 aromatic carbocycles. The molecule has 0 unspecified atom stereocenters. The van der Waals surface area contributed by atoms with Crippen molar-refractivity contribution in [3.63, 3.8) is 0 Å². The van der Waals surface area contributed by atoms with E-state index in [2.05, 4.69) is 38.5 Å². The van der Waals surface area contributed by atoms with Crippen LogP contribution in [0.25, 0.3) is 0 Å². The van der Waals surface area contributed by atoms with Gasteiger partial charge in [-0.3, -0.25) is 9.36 Å². The zero-order valence-corrected chi connectivity index (χ0v) is 16.3. The maximum absolute atomic E-state index is 12.7. The topological polar surface area (TPSA) is 68.9 Å². The fraction of sp³-hybridized carbons (Fsp3) is 0.526. The van der Waals surface area contributed by atoms with Crippen molar-refractivity contribution in [2.45, 2.75) is 63.6 Å². The molecule has 2 aliphatic rings. The van der Waals surface area contributed by atoms with Gasteiger partial charge in [0, 0.05) is 17.4 Å². The Hall–Kier alpha value is -1.89. The molecule has 4 rings (SSSR count). The lowest BCUT2D eigenvalue weighted by Gasteiger charge is -2.43. The molecule has 0 radical (unpaired) electrons.